The van der Waals surface area contributed by atoms with Crippen LogP contribution in [0.15, 0.2) is 18.3 Å². The number of rotatable bonds is 5. The second-order valence-corrected chi connectivity index (χ2v) is 6.25. The van der Waals surface area contributed by atoms with Crippen LogP contribution in [-0.4, -0.2) is 52.1 Å². The molecule has 8 heteroatoms. The highest BCUT2D eigenvalue weighted by molar-refractivity contribution is 5.72. The van der Waals surface area contributed by atoms with Crippen molar-refractivity contribution >= 4 is 17.5 Å². The first-order chi connectivity index (χ1) is 10.2. The van der Waals surface area contributed by atoms with Crippen molar-refractivity contribution in [2.45, 2.75) is 32.4 Å². The van der Waals surface area contributed by atoms with Crippen molar-refractivity contribution in [1.82, 2.24) is 9.88 Å². The van der Waals surface area contributed by atoms with Crippen LogP contribution in [-0.2, 0) is 9.53 Å². The van der Waals surface area contributed by atoms with E-state index in [1.807, 2.05) is 25.7 Å². The van der Waals surface area contributed by atoms with Crippen LogP contribution in [0.5, 0.6) is 0 Å². The zero-order valence-corrected chi connectivity index (χ0v) is 12.9. The molecule has 1 fully saturated rings. The van der Waals surface area contributed by atoms with Crippen LogP contribution in [0.25, 0.3) is 0 Å². The van der Waals surface area contributed by atoms with Crippen molar-refractivity contribution in [1.29, 1.82) is 0 Å². The van der Waals surface area contributed by atoms with Gasteiger partial charge in [0.15, 0.2) is 0 Å². The maximum absolute atomic E-state index is 11.7. The summed E-state index contributed by atoms with van der Waals surface area (Å²) >= 11 is 0. The maximum atomic E-state index is 11.7. The predicted octanol–water partition coefficient (Wildman–Crippen LogP) is 1.43. The van der Waals surface area contributed by atoms with Crippen LogP contribution in [0, 0.1) is 10.1 Å². The number of nitrogens with one attached hydrogen (secondary N) is 1. The average Bonchev–Trinajstić information content (AvgIpc) is 2.34. The van der Waals surface area contributed by atoms with Crippen LogP contribution < -0.4 is 5.32 Å². The zero-order valence-electron chi connectivity index (χ0n) is 12.9. The molecule has 2 rings (SSSR count). The summed E-state index contributed by atoms with van der Waals surface area (Å²) < 4.78 is 5.25. The summed E-state index contributed by atoms with van der Waals surface area (Å²) in [5, 5.41) is 13.9. The van der Waals surface area contributed by atoms with Gasteiger partial charge in [0.05, 0.1) is 17.5 Å². The lowest BCUT2D eigenvalue weighted by Gasteiger charge is -2.39. The van der Waals surface area contributed by atoms with Crippen molar-refractivity contribution in [2.75, 3.05) is 25.0 Å². The Balaban J connectivity index is 1.81. The highest BCUT2D eigenvalue weighted by Crippen LogP contribution is 2.23. The first-order valence-electron chi connectivity index (χ1n) is 7.05. The summed E-state index contributed by atoms with van der Waals surface area (Å²) in [6, 6.07) is 2.97. The maximum Gasteiger partial charge on any atom is 0.320 e. The molecular formula is C14H20N4O4. The van der Waals surface area contributed by atoms with E-state index < -0.39 is 10.5 Å². The van der Waals surface area contributed by atoms with E-state index in [2.05, 4.69) is 10.3 Å². The van der Waals surface area contributed by atoms with E-state index in [1.165, 1.54) is 18.3 Å². The fourth-order valence-corrected chi connectivity index (χ4v) is 2.20. The molecule has 0 aromatic carbocycles. The second-order valence-electron chi connectivity index (χ2n) is 6.25. The molecule has 1 aliphatic rings. The highest BCUT2D eigenvalue weighted by atomic mass is 16.6. The molecule has 1 aromatic heterocycles. The number of carbonyl (C=O) groups excluding carboxylic acids is 1. The molecule has 22 heavy (non-hydrogen) atoms. The molecule has 0 unspecified atom stereocenters. The van der Waals surface area contributed by atoms with Crippen LogP contribution >= 0.6 is 0 Å². The Hall–Kier alpha value is -2.22. The Labute approximate surface area is 128 Å². The molecule has 2 heterocycles. The molecule has 0 amide bonds. The fourth-order valence-electron chi connectivity index (χ4n) is 2.20. The summed E-state index contributed by atoms with van der Waals surface area (Å²) in [6.07, 6.45) is 1.51. The lowest BCUT2D eigenvalue weighted by molar-refractivity contribution is -0.384. The molecule has 0 radical (unpaired) electrons. The highest BCUT2D eigenvalue weighted by Gasteiger charge is 2.31. The SMILES string of the molecule is CC(C)(C)OC(=O)CN1CC(Nc2ncccc2[N+](=O)[O-])C1. The van der Waals surface area contributed by atoms with Gasteiger partial charge in [-0.3, -0.25) is 19.8 Å². The van der Waals surface area contributed by atoms with Gasteiger partial charge in [0, 0.05) is 25.4 Å². The van der Waals surface area contributed by atoms with Gasteiger partial charge in [0.2, 0.25) is 5.82 Å². The summed E-state index contributed by atoms with van der Waals surface area (Å²) in [5.74, 6) is -0.0100. The number of pyridine rings is 1. The number of hydrogen-bond acceptors (Lipinski definition) is 7. The van der Waals surface area contributed by atoms with Gasteiger partial charge in [-0.15, -0.1) is 0 Å². The molecule has 0 spiro atoms. The number of nitro groups is 1. The van der Waals surface area contributed by atoms with Gasteiger partial charge in [0.1, 0.15) is 5.60 Å². The quantitative estimate of drug-likeness (QED) is 0.499. The van der Waals surface area contributed by atoms with Gasteiger partial charge < -0.3 is 10.1 Å². The number of likely N-dealkylation sites (tertiary alicyclic amines) is 1. The first-order valence-corrected chi connectivity index (χ1v) is 7.05. The van der Waals surface area contributed by atoms with Gasteiger partial charge in [-0.25, -0.2) is 4.98 Å². The standard InChI is InChI=1S/C14H20N4O4/c1-14(2,3)22-12(19)9-17-7-10(8-17)16-13-11(18(20)21)5-4-6-15-13/h4-6,10H,7-9H2,1-3H3,(H,15,16). The molecule has 0 atom stereocenters. The Morgan fingerprint density at radius 3 is 2.82 bits per heavy atom. The monoisotopic (exact) mass is 308 g/mol. The predicted molar refractivity (Wildman–Crippen MR) is 80.6 cm³/mol. The largest absolute Gasteiger partial charge is 0.459 e. The Morgan fingerprint density at radius 1 is 1.55 bits per heavy atom. The Morgan fingerprint density at radius 2 is 2.23 bits per heavy atom. The van der Waals surface area contributed by atoms with Crippen LogP contribution in [0.4, 0.5) is 11.5 Å². The van der Waals surface area contributed by atoms with E-state index in [9.17, 15) is 14.9 Å². The molecule has 0 saturated carbocycles. The average molecular weight is 308 g/mol. The fraction of sp³-hybridized carbons (Fsp3) is 0.571. The van der Waals surface area contributed by atoms with Gasteiger partial charge in [-0.05, 0) is 26.8 Å². The van der Waals surface area contributed by atoms with Crippen LogP contribution in [0.2, 0.25) is 0 Å². The summed E-state index contributed by atoms with van der Waals surface area (Å²) in [6.45, 7) is 6.93. The van der Waals surface area contributed by atoms with Gasteiger partial charge in [0.25, 0.3) is 0 Å². The van der Waals surface area contributed by atoms with E-state index in [1.54, 1.807) is 0 Å². The van der Waals surface area contributed by atoms with Crippen molar-refractivity contribution in [3.05, 3.63) is 28.4 Å². The van der Waals surface area contributed by atoms with Crippen molar-refractivity contribution in [3.63, 3.8) is 0 Å². The van der Waals surface area contributed by atoms with E-state index >= 15 is 0 Å². The molecule has 120 valence electrons. The van der Waals surface area contributed by atoms with E-state index in [0.717, 1.165) is 0 Å². The Kier molecular flexibility index (Phi) is 4.60. The summed E-state index contributed by atoms with van der Waals surface area (Å²) in [7, 11) is 0. The van der Waals surface area contributed by atoms with Crippen molar-refractivity contribution < 1.29 is 14.5 Å². The van der Waals surface area contributed by atoms with Crippen LogP contribution in [0.3, 0.4) is 0 Å². The molecule has 0 aliphatic carbocycles. The normalized spacial score (nSPS) is 16.0. The van der Waals surface area contributed by atoms with E-state index in [-0.39, 0.29) is 30.1 Å². The number of nitrogens with zero attached hydrogens (tertiary/aromatic N) is 3. The molecule has 1 saturated heterocycles. The topological polar surface area (TPSA) is 97.6 Å². The number of hydrogen-bond donors (Lipinski definition) is 1. The number of aromatic nitrogens is 1. The van der Waals surface area contributed by atoms with Crippen molar-refractivity contribution in [3.8, 4) is 0 Å². The first kappa shape index (κ1) is 16.2. The number of ether oxygens (including phenoxy) is 1. The third kappa shape index (κ3) is 4.39. The van der Waals surface area contributed by atoms with E-state index in [0.29, 0.717) is 13.1 Å². The second kappa shape index (κ2) is 6.27. The van der Waals surface area contributed by atoms with Gasteiger partial charge in [-0.2, -0.15) is 0 Å². The number of esters is 1. The zero-order chi connectivity index (χ0) is 16.3. The lowest BCUT2D eigenvalue weighted by atomic mass is 10.1. The van der Waals surface area contributed by atoms with Gasteiger partial charge >= 0.3 is 11.7 Å². The summed E-state index contributed by atoms with van der Waals surface area (Å²) in [4.78, 5) is 28.0. The smallest absolute Gasteiger partial charge is 0.320 e. The molecule has 1 aromatic rings. The minimum Gasteiger partial charge on any atom is -0.459 e. The summed E-state index contributed by atoms with van der Waals surface area (Å²) in [5.41, 5.74) is -0.540. The molecule has 1 N–H and O–H groups in total. The lowest BCUT2D eigenvalue weighted by Crippen LogP contribution is -2.56. The molecule has 0 bridgehead atoms. The number of carbonyl (C=O) groups is 1. The minimum atomic E-state index is -0.492. The minimum absolute atomic E-state index is 0.0380. The molecule has 8 nitrogen and oxygen atoms in total. The molecular weight excluding hydrogens is 288 g/mol. The van der Waals surface area contributed by atoms with Crippen LogP contribution in [0.1, 0.15) is 20.8 Å². The van der Waals surface area contributed by atoms with Crippen molar-refractivity contribution in [2.24, 2.45) is 0 Å². The van der Waals surface area contributed by atoms with Gasteiger partial charge in [-0.1, -0.05) is 0 Å². The van der Waals surface area contributed by atoms with E-state index in [4.69, 9.17) is 4.74 Å². The number of anilines is 1. The third-order valence-corrected chi connectivity index (χ3v) is 3.05. The third-order valence-electron chi connectivity index (χ3n) is 3.05. The Bertz CT molecular complexity index is 564. The molecule has 1 aliphatic heterocycles.